The Morgan fingerprint density at radius 1 is 0.946 bits per heavy atom. The number of amides is 1. The van der Waals surface area contributed by atoms with E-state index in [9.17, 15) is 9.59 Å². The zero-order chi connectivity index (χ0) is 25.8. The lowest BCUT2D eigenvalue weighted by Crippen LogP contribution is -2.49. The number of fused-ring (bicyclic) bond motifs is 2. The minimum Gasteiger partial charge on any atom is -0.490 e. The number of piperidine rings is 1. The Hall–Kier alpha value is -2.96. The van der Waals surface area contributed by atoms with Gasteiger partial charge in [-0.2, -0.15) is 0 Å². The van der Waals surface area contributed by atoms with Crippen LogP contribution >= 0.6 is 23.4 Å². The molecule has 2 heterocycles. The minimum absolute atomic E-state index is 0.0564. The highest BCUT2D eigenvalue weighted by Gasteiger charge is 2.44. The van der Waals surface area contributed by atoms with Crippen molar-refractivity contribution in [1.82, 2.24) is 4.90 Å². The van der Waals surface area contributed by atoms with E-state index >= 15 is 0 Å². The van der Waals surface area contributed by atoms with Gasteiger partial charge in [0.1, 0.15) is 11.9 Å². The van der Waals surface area contributed by atoms with E-state index in [4.69, 9.17) is 21.1 Å². The second-order valence-electron chi connectivity index (χ2n) is 9.50. The molecule has 0 N–H and O–H groups in total. The van der Waals surface area contributed by atoms with Crippen molar-refractivity contribution in [2.45, 2.75) is 61.4 Å². The van der Waals surface area contributed by atoms with Crippen molar-refractivity contribution >= 4 is 35.2 Å². The second-order valence-corrected chi connectivity index (χ2v) is 11.0. The standard InChI is InChI=1S/C30H30ClNO4S/c1-2-35-30(34)22-10-14-26(15-11-22)36-27-17-24-12-13-25(18-27)32(24)29(33)21-8-6-20(7-9-21)19-37-28-5-3-4-23(31)16-28/h3-11,14-16,24-25,27H,2,12-13,17-19H2,1H3. The molecule has 37 heavy (non-hydrogen) atoms. The molecule has 3 aromatic carbocycles. The molecule has 2 aliphatic rings. The summed E-state index contributed by atoms with van der Waals surface area (Å²) in [7, 11) is 0. The first-order valence-corrected chi connectivity index (χ1v) is 14.1. The minimum atomic E-state index is -0.327. The van der Waals surface area contributed by atoms with E-state index < -0.39 is 0 Å². The molecular formula is C30H30ClNO4S. The maximum atomic E-state index is 13.4. The number of esters is 1. The molecule has 2 unspecified atom stereocenters. The molecule has 192 valence electrons. The van der Waals surface area contributed by atoms with Crippen LogP contribution in [0.5, 0.6) is 5.75 Å². The summed E-state index contributed by atoms with van der Waals surface area (Å²) in [6.45, 7) is 2.14. The van der Waals surface area contributed by atoms with Crippen LogP contribution in [0, 0.1) is 0 Å². The van der Waals surface area contributed by atoms with Gasteiger partial charge in [0.2, 0.25) is 0 Å². The molecule has 7 heteroatoms. The van der Waals surface area contributed by atoms with Crippen molar-refractivity contribution in [1.29, 1.82) is 0 Å². The van der Waals surface area contributed by atoms with E-state index in [-0.39, 0.29) is 30.1 Å². The fourth-order valence-corrected chi connectivity index (χ4v) is 6.41. The van der Waals surface area contributed by atoms with Crippen LogP contribution in [0.15, 0.2) is 77.7 Å². The van der Waals surface area contributed by atoms with Gasteiger partial charge >= 0.3 is 5.97 Å². The molecule has 0 spiro atoms. The van der Waals surface area contributed by atoms with E-state index in [1.807, 2.05) is 54.6 Å². The first kappa shape index (κ1) is 25.7. The molecule has 2 saturated heterocycles. The summed E-state index contributed by atoms with van der Waals surface area (Å²) in [5, 5.41) is 0.738. The predicted molar refractivity (Wildman–Crippen MR) is 146 cm³/mol. The van der Waals surface area contributed by atoms with Crippen LogP contribution in [-0.4, -0.2) is 41.6 Å². The van der Waals surface area contributed by atoms with Crippen LogP contribution in [0.4, 0.5) is 0 Å². The molecule has 2 atom stereocenters. The van der Waals surface area contributed by atoms with Crippen LogP contribution in [0.3, 0.4) is 0 Å². The number of nitrogens with zero attached hydrogens (tertiary/aromatic N) is 1. The number of hydrogen-bond acceptors (Lipinski definition) is 5. The van der Waals surface area contributed by atoms with Crippen LogP contribution in [-0.2, 0) is 10.5 Å². The van der Waals surface area contributed by atoms with E-state index in [0.717, 1.165) is 52.7 Å². The maximum Gasteiger partial charge on any atom is 0.338 e. The average Bonchev–Trinajstić information content (AvgIpc) is 3.18. The summed E-state index contributed by atoms with van der Waals surface area (Å²) in [5.41, 5.74) is 2.43. The summed E-state index contributed by atoms with van der Waals surface area (Å²) in [4.78, 5) is 28.5. The summed E-state index contributed by atoms with van der Waals surface area (Å²) in [6, 6.07) is 23.3. The summed E-state index contributed by atoms with van der Waals surface area (Å²) >= 11 is 7.81. The smallest absolute Gasteiger partial charge is 0.338 e. The summed E-state index contributed by atoms with van der Waals surface area (Å²) in [6.07, 6.45) is 3.70. The molecule has 2 fully saturated rings. The largest absolute Gasteiger partial charge is 0.490 e. The molecule has 1 amide bonds. The van der Waals surface area contributed by atoms with Crippen molar-refractivity contribution in [2.24, 2.45) is 0 Å². The third-order valence-electron chi connectivity index (χ3n) is 7.00. The maximum absolute atomic E-state index is 13.4. The zero-order valence-corrected chi connectivity index (χ0v) is 22.3. The lowest BCUT2D eigenvalue weighted by atomic mass is 9.98. The van der Waals surface area contributed by atoms with E-state index in [0.29, 0.717) is 12.2 Å². The Morgan fingerprint density at radius 2 is 1.62 bits per heavy atom. The molecule has 0 saturated carbocycles. The lowest BCUT2D eigenvalue weighted by molar-refractivity contribution is 0.0359. The number of hydrogen-bond donors (Lipinski definition) is 0. The molecule has 0 radical (unpaired) electrons. The number of benzene rings is 3. The predicted octanol–water partition coefficient (Wildman–Crippen LogP) is 7.02. The van der Waals surface area contributed by atoms with Crippen LogP contribution < -0.4 is 4.74 Å². The van der Waals surface area contributed by atoms with Crippen molar-refractivity contribution in [2.75, 3.05) is 6.61 Å². The van der Waals surface area contributed by atoms with Crippen molar-refractivity contribution in [3.8, 4) is 5.75 Å². The number of rotatable bonds is 8. The van der Waals surface area contributed by atoms with Crippen molar-refractivity contribution in [3.05, 3.63) is 94.5 Å². The number of carbonyl (C=O) groups is 2. The van der Waals surface area contributed by atoms with E-state index in [1.165, 1.54) is 5.56 Å². The Labute approximate surface area is 227 Å². The van der Waals surface area contributed by atoms with E-state index in [1.54, 1.807) is 30.8 Å². The highest BCUT2D eigenvalue weighted by molar-refractivity contribution is 7.98. The van der Waals surface area contributed by atoms with E-state index in [2.05, 4.69) is 11.0 Å². The van der Waals surface area contributed by atoms with Gasteiger partial charge in [-0.15, -0.1) is 11.8 Å². The number of halogens is 1. The average molecular weight is 536 g/mol. The first-order valence-electron chi connectivity index (χ1n) is 12.7. The Balaban J connectivity index is 1.16. The Bertz CT molecular complexity index is 1230. The number of carbonyl (C=O) groups excluding carboxylic acids is 2. The van der Waals surface area contributed by atoms with Gasteiger partial charge < -0.3 is 14.4 Å². The van der Waals surface area contributed by atoms with Crippen molar-refractivity contribution in [3.63, 3.8) is 0 Å². The molecule has 0 aliphatic carbocycles. The zero-order valence-electron chi connectivity index (χ0n) is 20.8. The quantitative estimate of drug-likeness (QED) is 0.229. The van der Waals surface area contributed by atoms with Gasteiger partial charge in [0, 0.05) is 46.2 Å². The van der Waals surface area contributed by atoms with Crippen molar-refractivity contribution < 1.29 is 19.1 Å². The van der Waals surface area contributed by atoms with Gasteiger partial charge in [0.25, 0.3) is 5.91 Å². The van der Waals surface area contributed by atoms with Crippen LogP contribution in [0.25, 0.3) is 0 Å². The molecule has 0 aromatic heterocycles. The van der Waals surface area contributed by atoms with Gasteiger partial charge in [-0.1, -0.05) is 29.8 Å². The number of thioether (sulfide) groups is 1. The Kier molecular flexibility index (Phi) is 8.06. The van der Waals surface area contributed by atoms with Gasteiger partial charge in [-0.05, 0) is 79.9 Å². The molecule has 5 rings (SSSR count). The van der Waals surface area contributed by atoms with Gasteiger partial charge in [0.15, 0.2) is 0 Å². The van der Waals surface area contributed by atoms with Gasteiger partial charge in [-0.25, -0.2) is 4.79 Å². The molecule has 3 aromatic rings. The SMILES string of the molecule is CCOC(=O)c1ccc(OC2CC3CCC(C2)N3C(=O)c2ccc(CSc3cccc(Cl)c3)cc2)cc1. The van der Waals surface area contributed by atoms with Gasteiger partial charge in [-0.3, -0.25) is 4.79 Å². The highest BCUT2D eigenvalue weighted by atomic mass is 35.5. The fourth-order valence-electron chi connectivity index (χ4n) is 5.25. The molecule has 2 aliphatic heterocycles. The Morgan fingerprint density at radius 3 is 2.27 bits per heavy atom. The molecule has 5 nitrogen and oxygen atoms in total. The highest BCUT2D eigenvalue weighted by Crippen LogP contribution is 2.38. The van der Waals surface area contributed by atoms with Crippen LogP contribution in [0.2, 0.25) is 5.02 Å². The summed E-state index contributed by atoms with van der Waals surface area (Å²) in [5.74, 6) is 1.35. The molecule has 2 bridgehead atoms. The topological polar surface area (TPSA) is 55.8 Å². The summed E-state index contributed by atoms with van der Waals surface area (Å²) < 4.78 is 11.3. The van der Waals surface area contributed by atoms with Gasteiger partial charge in [0.05, 0.1) is 12.2 Å². The number of ether oxygens (including phenoxy) is 2. The fraction of sp³-hybridized carbons (Fsp3) is 0.333. The third kappa shape index (κ3) is 6.13. The second kappa shape index (κ2) is 11.6. The normalized spacial score (nSPS) is 20.5. The first-order chi connectivity index (χ1) is 18.0. The monoisotopic (exact) mass is 535 g/mol. The van der Waals surface area contributed by atoms with Crippen LogP contribution in [0.1, 0.15) is 58.9 Å². The third-order valence-corrected chi connectivity index (χ3v) is 8.30. The molecular weight excluding hydrogens is 506 g/mol. The lowest BCUT2D eigenvalue weighted by Gasteiger charge is -2.39.